The van der Waals surface area contributed by atoms with Gasteiger partial charge in [-0.25, -0.2) is 4.79 Å². The predicted octanol–water partition coefficient (Wildman–Crippen LogP) is 3.44. The van der Waals surface area contributed by atoms with E-state index < -0.39 is 0 Å². The molecular weight excluding hydrogens is 278 g/mol. The molecule has 118 valence electrons. The number of carbonyl (C=O) groups is 2. The molecule has 2 atom stereocenters. The van der Waals surface area contributed by atoms with Gasteiger partial charge >= 0.3 is 6.03 Å². The van der Waals surface area contributed by atoms with Crippen LogP contribution in [0.1, 0.15) is 39.0 Å². The number of carbonyl (C=O) groups excluding carboxylic acids is 2. The molecule has 3 amide bonds. The van der Waals surface area contributed by atoms with Crippen LogP contribution >= 0.6 is 0 Å². The standard InChI is InChI=1S/C17H23N3O2/c1-2-4-16(21)18-13-5-3-6-14(10-13)19-17(22)20-11-12-7-8-15(20)9-12/h3,5-6,10,12,15H,2,4,7-9,11H2,1H3,(H,18,21)(H,19,22). The Morgan fingerprint density at radius 1 is 1.23 bits per heavy atom. The van der Waals surface area contributed by atoms with Crippen LogP contribution in [0.2, 0.25) is 0 Å². The molecule has 2 aliphatic rings. The Bertz CT molecular complexity index is 573. The number of piperidine rings is 1. The summed E-state index contributed by atoms with van der Waals surface area (Å²) in [6, 6.07) is 7.72. The third kappa shape index (κ3) is 3.24. The van der Waals surface area contributed by atoms with Crippen LogP contribution in [0.5, 0.6) is 0 Å². The second kappa shape index (κ2) is 6.38. The van der Waals surface area contributed by atoms with Gasteiger partial charge in [-0.05, 0) is 49.8 Å². The summed E-state index contributed by atoms with van der Waals surface area (Å²) < 4.78 is 0. The number of hydrogen-bond acceptors (Lipinski definition) is 2. The molecule has 0 aromatic heterocycles. The molecule has 2 fully saturated rings. The van der Waals surface area contributed by atoms with Gasteiger partial charge in [0.1, 0.15) is 0 Å². The summed E-state index contributed by atoms with van der Waals surface area (Å²) in [5, 5.41) is 5.80. The lowest BCUT2D eigenvalue weighted by Crippen LogP contribution is -2.40. The molecule has 5 heteroatoms. The van der Waals surface area contributed by atoms with Crippen molar-refractivity contribution < 1.29 is 9.59 Å². The quantitative estimate of drug-likeness (QED) is 0.895. The maximum atomic E-state index is 12.4. The number of amides is 3. The van der Waals surface area contributed by atoms with Crippen molar-refractivity contribution >= 4 is 23.3 Å². The van der Waals surface area contributed by atoms with Gasteiger partial charge in [0.15, 0.2) is 0 Å². The van der Waals surface area contributed by atoms with E-state index in [0.717, 1.165) is 37.2 Å². The molecule has 5 nitrogen and oxygen atoms in total. The zero-order valence-corrected chi connectivity index (χ0v) is 13.0. The molecule has 1 heterocycles. The van der Waals surface area contributed by atoms with E-state index in [1.807, 2.05) is 30.0 Å². The number of benzene rings is 1. The van der Waals surface area contributed by atoms with Gasteiger partial charge in [-0.3, -0.25) is 4.79 Å². The molecule has 1 aliphatic heterocycles. The van der Waals surface area contributed by atoms with E-state index in [1.54, 1.807) is 6.07 Å². The van der Waals surface area contributed by atoms with Crippen molar-refractivity contribution in [2.45, 2.75) is 45.1 Å². The summed E-state index contributed by atoms with van der Waals surface area (Å²) in [4.78, 5) is 26.0. The first-order valence-electron chi connectivity index (χ1n) is 8.13. The van der Waals surface area contributed by atoms with Crippen LogP contribution in [0, 0.1) is 5.92 Å². The summed E-state index contributed by atoms with van der Waals surface area (Å²) in [6.07, 6.45) is 4.87. The van der Waals surface area contributed by atoms with E-state index in [2.05, 4.69) is 10.6 Å². The monoisotopic (exact) mass is 301 g/mol. The van der Waals surface area contributed by atoms with Crippen molar-refractivity contribution in [2.75, 3.05) is 17.2 Å². The molecule has 22 heavy (non-hydrogen) atoms. The van der Waals surface area contributed by atoms with E-state index >= 15 is 0 Å². The predicted molar refractivity (Wildman–Crippen MR) is 86.8 cm³/mol. The average molecular weight is 301 g/mol. The number of likely N-dealkylation sites (tertiary alicyclic amines) is 1. The Labute approximate surface area is 131 Å². The lowest BCUT2D eigenvalue weighted by molar-refractivity contribution is -0.116. The second-order valence-electron chi connectivity index (χ2n) is 6.29. The molecule has 1 aliphatic carbocycles. The topological polar surface area (TPSA) is 61.4 Å². The first kappa shape index (κ1) is 14.9. The number of nitrogens with one attached hydrogen (secondary N) is 2. The lowest BCUT2D eigenvalue weighted by atomic mass is 10.1. The van der Waals surface area contributed by atoms with Gasteiger partial charge in [-0.1, -0.05) is 13.0 Å². The molecule has 2 N–H and O–H groups in total. The third-order valence-electron chi connectivity index (χ3n) is 4.54. The minimum absolute atomic E-state index is 0.00262. The highest BCUT2D eigenvalue weighted by Gasteiger charge is 2.40. The normalized spacial score (nSPS) is 22.7. The fourth-order valence-electron chi connectivity index (χ4n) is 3.49. The second-order valence-corrected chi connectivity index (χ2v) is 6.29. The van der Waals surface area contributed by atoms with E-state index in [0.29, 0.717) is 18.4 Å². The summed E-state index contributed by atoms with van der Waals surface area (Å²) in [5.41, 5.74) is 1.45. The van der Waals surface area contributed by atoms with Crippen molar-refractivity contribution in [1.82, 2.24) is 4.90 Å². The van der Waals surface area contributed by atoms with Crippen LogP contribution in [0.3, 0.4) is 0 Å². The summed E-state index contributed by atoms with van der Waals surface area (Å²) in [5.74, 6) is 0.693. The van der Waals surface area contributed by atoms with Crippen molar-refractivity contribution in [3.05, 3.63) is 24.3 Å². The van der Waals surface area contributed by atoms with E-state index in [1.165, 1.54) is 6.42 Å². The largest absolute Gasteiger partial charge is 0.326 e. The van der Waals surface area contributed by atoms with Crippen LogP contribution < -0.4 is 10.6 Å². The van der Waals surface area contributed by atoms with Crippen molar-refractivity contribution in [2.24, 2.45) is 5.92 Å². The minimum atomic E-state index is -0.0239. The molecule has 1 aromatic rings. The van der Waals surface area contributed by atoms with E-state index in [4.69, 9.17) is 0 Å². The molecule has 1 aromatic carbocycles. The summed E-state index contributed by atoms with van der Waals surface area (Å²) in [6.45, 7) is 2.85. The van der Waals surface area contributed by atoms with Crippen LogP contribution in [-0.4, -0.2) is 29.4 Å². The molecular formula is C17H23N3O2. The number of fused-ring (bicyclic) bond motifs is 2. The first-order chi connectivity index (χ1) is 10.7. The third-order valence-corrected chi connectivity index (χ3v) is 4.54. The highest BCUT2D eigenvalue weighted by molar-refractivity contribution is 5.93. The van der Waals surface area contributed by atoms with Gasteiger partial charge in [0.25, 0.3) is 0 Å². The zero-order chi connectivity index (χ0) is 15.5. The Kier molecular flexibility index (Phi) is 4.32. The van der Waals surface area contributed by atoms with E-state index in [9.17, 15) is 9.59 Å². The zero-order valence-electron chi connectivity index (χ0n) is 13.0. The van der Waals surface area contributed by atoms with Crippen molar-refractivity contribution in [3.8, 4) is 0 Å². The number of rotatable bonds is 4. The number of hydrogen-bond donors (Lipinski definition) is 2. The smallest absolute Gasteiger partial charge is 0.322 e. The van der Waals surface area contributed by atoms with Crippen LogP contribution in [0.25, 0.3) is 0 Å². The molecule has 2 bridgehead atoms. The molecule has 1 saturated heterocycles. The van der Waals surface area contributed by atoms with Gasteiger partial charge in [-0.2, -0.15) is 0 Å². The highest BCUT2D eigenvalue weighted by Crippen LogP contribution is 2.37. The van der Waals surface area contributed by atoms with Gasteiger partial charge in [-0.15, -0.1) is 0 Å². The number of nitrogens with zero attached hydrogens (tertiary/aromatic N) is 1. The Morgan fingerprint density at radius 3 is 2.64 bits per heavy atom. The fourth-order valence-corrected chi connectivity index (χ4v) is 3.49. The molecule has 0 spiro atoms. The Morgan fingerprint density at radius 2 is 2.00 bits per heavy atom. The molecule has 3 rings (SSSR count). The van der Waals surface area contributed by atoms with E-state index in [-0.39, 0.29) is 11.9 Å². The SMILES string of the molecule is CCCC(=O)Nc1cccc(NC(=O)N2CC3CCC2C3)c1. The minimum Gasteiger partial charge on any atom is -0.326 e. The van der Waals surface area contributed by atoms with Crippen LogP contribution in [-0.2, 0) is 4.79 Å². The summed E-state index contributed by atoms with van der Waals surface area (Å²) in [7, 11) is 0. The molecule has 1 saturated carbocycles. The van der Waals surface area contributed by atoms with Crippen LogP contribution in [0.4, 0.5) is 16.2 Å². The Hall–Kier alpha value is -2.04. The fraction of sp³-hybridized carbons (Fsp3) is 0.529. The van der Waals surface area contributed by atoms with Gasteiger partial charge in [0.05, 0.1) is 0 Å². The van der Waals surface area contributed by atoms with Gasteiger partial charge < -0.3 is 15.5 Å². The molecule has 0 radical (unpaired) electrons. The number of anilines is 2. The van der Waals surface area contributed by atoms with Crippen molar-refractivity contribution in [1.29, 1.82) is 0 Å². The molecule has 2 unspecified atom stereocenters. The highest BCUT2D eigenvalue weighted by atomic mass is 16.2. The van der Waals surface area contributed by atoms with Crippen LogP contribution in [0.15, 0.2) is 24.3 Å². The Balaban J connectivity index is 1.60. The maximum Gasteiger partial charge on any atom is 0.322 e. The summed E-state index contributed by atoms with van der Waals surface area (Å²) >= 11 is 0. The maximum absolute atomic E-state index is 12.4. The lowest BCUT2D eigenvalue weighted by Gasteiger charge is -2.27. The number of urea groups is 1. The van der Waals surface area contributed by atoms with Gasteiger partial charge in [0.2, 0.25) is 5.91 Å². The van der Waals surface area contributed by atoms with Gasteiger partial charge in [0, 0.05) is 30.4 Å². The average Bonchev–Trinajstić information content (AvgIpc) is 3.10. The van der Waals surface area contributed by atoms with Crippen molar-refractivity contribution in [3.63, 3.8) is 0 Å². The first-order valence-corrected chi connectivity index (χ1v) is 8.13.